The second kappa shape index (κ2) is 7.06. The highest BCUT2D eigenvalue weighted by Crippen LogP contribution is 2.29. The molecule has 5 nitrogen and oxygen atoms in total. The fourth-order valence-electron chi connectivity index (χ4n) is 3.40. The molecule has 7 heteroatoms. The fraction of sp³-hybridized carbons (Fsp3) is 0.318. The molecular weight excluding hydrogens is 376 g/mol. The van der Waals surface area contributed by atoms with Gasteiger partial charge in [0, 0.05) is 24.1 Å². The molecule has 4 rings (SSSR count). The molecule has 29 heavy (non-hydrogen) atoms. The number of carbonyl (C=O) groups is 1. The summed E-state index contributed by atoms with van der Waals surface area (Å²) in [7, 11) is 0. The lowest BCUT2D eigenvalue weighted by atomic mass is 9.96. The van der Waals surface area contributed by atoms with Gasteiger partial charge in [-0.1, -0.05) is 44.1 Å². The summed E-state index contributed by atoms with van der Waals surface area (Å²) in [6, 6.07) is 9.66. The molecule has 0 atom stereocenters. The van der Waals surface area contributed by atoms with Crippen LogP contribution in [0.1, 0.15) is 48.1 Å². The predicted molar refractivity (Wildman–Crippen MR) is 103 cm³/mol. The molecule has 1 aromatic heterocycles. The van der Waals surface area contributed by atoms with Crippen LogP contribution in [0.25, 0.3) is 11.5 Å². The van der Waals surface area contributed by atoms with Gasteiger partial charge >= 0.3 is 0 Å². The SMILES string of the molecule is CC(C)(C)c1noc(-c2ccccc2C(=O)N2CCc3ccc(F)c(F)c3C2)n1. The number of fused-ring (bicyclic) bond motifs is 1. The van der Waals surface area contributed by atoms with Crippen molar-refractivity contribution in [1.82, 2.24) is 15.0 Å². The van der Waals surface area contributed by atoms with E-state index < -0.39 is 11.6 Å². The lowest BCUT2D eigenvalue weighted by Gasteiger charge is -2.29. The normalized spacial score (nSPS) is 14.0. The first kappa shape index (κ1) is 19.2. The van der Waals surface area contributed by atoms with Crippen LogP contribution in [0.5, 0.6) is 0 Å². The van der Waals surface area contributed by atoms with Crippen LogP contribution < -0.4 is 0 Å². The first-order valence-corrected chi connectivity index (χ1v) is 9.44. The zero-order valence-electron chi connectivity index (χ0n) is 16.5. The summed E-state index contributed by atoms with van der Waals surface area (Å²) in [6.07, 6.45) is 0.467. The molecule has 1 aliphatic rings. The molecule has 0 bridgehead atoms. The van der Waals surface area contributed by atoms with Crippen LogP contribution in [0.3, 0.4) is 0 Å². The van der Waals surface area contributed by atoms with E-state index >= 15 is 0 Å². The second-order valence-electron chi connectivity index (χ2n) is 8.19. The van der Waals surface area contributed by atoms with Crippen LogP contribution in [-0.2, 0) is 18.4 Å². The largest absolute Gasteiger partial charge is 0.334 e. The summed E-state index contributed by atoms with van der Waals surface area (Å²) < 4.78 is 33.3. The fourth-order valence-corrected chi connectivity index (χ4v) is 3.40. The van der Waals surface area contributed by atoms with Crippen molar-refractivity contribution >= 4 is 5.91 Å². The van der Waals surface area contributed by atoms with E-state index in [1.807, 2.05) is 20.8 Å². The van der Waals surface area contributed by atoms with Crippen molar-refractivity contribution in [3.8, 4) is 11.5 Å². The number of amides is 1. The zero-order chi connectivity index (χ0) is 20.8. The van der Waals surface area contributed by atoms with Crippen LogP contribution >= 0.6 is 0 Å². The van der Waals surface area contributed by atoms with Gasteiger partial charge in [-0.25, -0.2) is 8.78 Å². The van der Waals surface area contributed by atoms with E-state index in [1.165, 1.54) is 4.90 Å². The van der Waals surface area contributed by atoms with Gasteiger partial charge in [-0.3, -0.25) is 4.79 Å². The topological polar surface area (TPSA) is 59.2 Å². The van der Waals surface area contributed by atoms with Gasteiger partial charge in [-0.15, -0.1) is 0 Å². The highest BCUT2D eigenvalue weighted by atomic mass is 19.2. The van der Waals surface area contributed by atoms with E-state index in [4.69, 9.17) is 4.52 Å². The summed E-state index contributed by atoms with van der Waals surface area (Å²) in [5.41, 5.74) is 1.57. The molecule has 0 saturated heterocycles. The van der Waals surface area contributed by atoms with Gasteiger partial charge in [0.2, 0.25) is 0 Å². The summed E-state index contributed by atoms with van der Waals surface area (Å²) >= 11 is 0. The maximum absolute atomic E-state index is 14.2. The van der Waals surface area contributed by atoms with Gasteiger partial charge in [0.25, 0.3) is 11.8 Å². The highest BCUT2D eigenvalue weighted by molar-refractivity contribution is 6.00. The Hall–Kier alpha value is -3.09. The van der Waals surface area contributed by atoms with Gasteiger partial charge in [0.15, 0.2) is 17.5 Å². The summed E-state index contributed by atoms with van der Waals surface area (Å²) in [5.74, 6) is -1.28. The Morgan fingerprint density at radius 3 is 2.62 bits per heavy atom. The van der Waals surface area contributed by atoms with Crippen LogP contribution in [0.4, 0.5) is 8.78 Å². The minimum absolute atomic E-state index is 0.0170. The van der Waals surface area contributed by atoms with Crippen LogP contribution in [0.15, 0.2) is 40.9 Å². The number of rotatable bonds is 2. The second-order valence-corrected chi connectivity index (χ2v) is 8.19. The Morgan fingerprint density at radius 1 is 1.14 bits per heavy atom. The molecule has 1 amide bonds. The van der Waals surface area contributed by atoms with Crippen molar-refractivity contribution in [2.24, 2.45) is 0 Å². The molecule has 0 unspecified atom stereocenters. The Morgan fingerprint density at radius 2 is 1.90 bits per heavy atom. The van der Waals surface area contributed by atoms with Crippen molar-refractivity contribution in [3.05, 3.63) is 70.5 Å². The molecule has 2 aromatic carbocycles. The molecule has 0 saturated carbocycles. The minimum Gasteiger partial charge on any atom is -0.334 e. The number of aromatic nitrogens is 2. The molecule has 1 aliphatic heterocycles. The van der Waals surface area contributed by atoms with Gasteiger partial charge in [-0.2, -0.15) is 4.98 Å². The highest BCUT2D eigenvalue weighted by Gasteiger charge is 2.28. The Labute approximate surface area is 167 Å². The number of nitrogens with zero attached hydrogens (tertiary/aromatic N) is 3. The average Bonchev–Trinajstić information content (AvgIpc) is 3.21. The first-order valence-electron chi connectivity index (χ1n) is 9.44. The van der Waals surface area contributed by atoms with Gasteiger partial charge < -0.3 is 9.42 Å². The van der Waals surface area contributed by atoms with Gasteiger partial charge in [0.1, 0.15) is 0 Å². The number of benzene rings is 2. The monoisotopic (exact) mass is 397 g/mol. The average molecular weight is 397 g/mol. The third-order valence-corrected chi connectivity index (χ3v) is 5.07. The molecular formula is C22H21F2N3O2. The van der Waals surface area contributed by atoms with Gasteiger partial charge in [0.05, 0.1) is 11.1 Å². The number of halogens is 2. The zero-order valence-corrected chi connectivity index (χ0v) is 16.5. The summed E-state index contributed by atoms with van der Waals surface area (Å²) in [4.78, 5) is 19.2. The van der Waals surface area contributed by atoms with Crippen molar-refractivity contribution in [1.29, 1.82) is 0 Å². The minimum atomic E-state index is -0.904. The predicted octanol–water partition coefficient (Wildman–Crippen LogP) is 4.51. The summed E-state index contributed by atoms with van der Waals surface area (Å²) in [6.45, 7) is 6.35. The Kier molecular flexibility index (Phi) is 4.68. The van der Waals surface area contributed by atoms with Crippen LogP contribution in [0.2, 0.25) is 0 Å². The Balaban J connectivity index is 1.67. The standard InChI is InChI=1S/C22H21F2N3O2/c1-22(2,3)21-25-19(29-26-21)14-6-4-5-7-15(14)20(28)27-11-10-13-8-9-17(23)18(24)16(13)12-27/h4-9H,10-12H2,1-3H3. The van der Waals surface area contributed by atoms with Crippen molar-refractivity contribution in [3.63, 3.8) is 0 Å². The number of carbonyl (C=O) groups excluding carboxylic acids is 1. The van der Waals surface area contributed by atoms with Crippen LogP contribution in [0, 0.1) is 11.6 Å². The lowest BCUT2D eigenvalue weighted by Crippen LogP contribution is -2.36. The van der Waals surface area contributed by atoms with E-state index in [-0.39, 0.29) is 29.3 Å². The number of hydrogen-bond acceptors (Lipinski definition) is 4. The summed E-state index contributed by atoms with van der Waals surface area (Å²) in [5, 5.41) is 4.03. The maximum Gasteiger partial charge on any atom is 0.258 e. The van der Waals surface area contributed by atoms with E-state index in [1.54, 1.807) is 30.3 Å². The molecule has 0 N–H and O–H groups in total. The van der Waals surface area contributed by atoms with Gasteiger partial charge in [-0.05, 0) is 30.2 Å². The molecule has 0 aliphatic carbocycles. The molecule has 3 aromatic rings. The van der Waals surface area contributed by atoms with Crippen molar-refractivity contribution in [2.45, 2.75) is 39.2 Å². The van der Waals surface area contributed by atoms with Crippen LogP contribution in [-0.4, -0.2) is 27.5 Å². The third-order valence-electron chi connectivity index (χ3n) is 5.07. The van der Waals surface area contributed by atoms with E-state index in [0.717, 1.165) is 11.6 Å². The molecule has 0 fully saturated rings. The quantitative estimate of drug-likeness (QED) is 0.638. The van der Waals surface area contributed by atoms with Crippen molar-refractivity contribution in [2.75, 3.05) is 6.54 Å². The number of hydrogen-bond donors (Lipinski definition) is 0. The van der Waals surface area contributed by atoms with E-state index in [9.17, 15) is 13.6 Å². The first-order chi connectivity index (χ1) is 13.8. The lowest BCUT2D eigenvalue weighted by molar-refractivity contribution is 0.0732. The van der Waals surface area contributed by atoms with E-state index in [0.29, 0.717) is 29.9 Å². The third kappa shape index (κ3) is 3.52. The molecule has 150 valence electrons. The molecule has 0 spiro atoms. The molecule has 0 radical (unpaired) electrons. The van der Waals surface area contributed by atoms with Crippen molar-refractivity contribution < 1.29 is 18.1 Å². The smallest absolute Gasteiger partial charge is 0.258 e. The van der Waals surface area contributed by atoms with E-state index in [2.05, 4.69) is 10.1 Å². The maximum atomic E-state index is 14.2. The molecule has 2 heterocycles. The Bertz CT molecular complexity index is 1090.